The van der Waals surface area contributed by atoms with Crippen molar-refractivity contribution in [3.8, 4) is 6.07 Å². The number of hydrogen-bond donors (Lipinski definition) is 2. The molecule has 0 saturated heterocycles. The molecule has 7 heteroatoms. The number of anilines is 3. The molecule has 30 heavy (non-hydrogen) atoms. The summed E-state index contributed by atoms with van der Waals surface area (Å²) >= 11 is 0. The van der Waals surface area contributed by atoms with Gasteiger partial charge in [0.25, 0.3) is 0 Å². The first-order valence-corrected chi connectivity index (χ1v) is 10.1. The van der Waals surface area contributed by atoms with Crippen LogP contribution in [0.4, 0.5) is 17.6 Å². The summed E-state index contributed by atoms with van der Waals surface area (Å²) in [5.74, 6) is 1.86. The molecule has 4 rings (SSSR count). The van der Waals surface area contributed by atoms with Crippen LogP contribution in [-0.4, -0.2) is 26.9 Å². The average Bonchev–Trinajstić information content (AvgIpc) is 2.67. The van der Waals surface area contributed by atoms with Crippen LogP contribution in [0.5, 0.6) is 0 Å². The SMILES string of the molecule is CN(Cc1cccc(C#N)c1)Cc1nc(N)nc(Nc2ccccc2C2CCC2)n1. The molecule has 3 aromatic rings. The van der Waals surface area contributed by atoms with Crippen LogP contribution in [0.1, 0.15) is 47.7 Å². The number of hydrogen-bond acceptors (Lipinski definition) is 7. The molecule has 0 spiro atoms. The molecular weight excluding hydrogens is 374 g/mol. The number of nitriles is 1. The highest BCUT2D eigenvalue weighted by atomic mass is 15.2. The molecule has 1 saturated carbocycles. The Kier molecular flexibility index (Phi) is 5.87. The quantitative estimate of drug-likeness (QED) is 0.619. The topological polar surface area (TPSA) is 104 Å². The molecule has 2 aromatic carbocycles. The first kappa shape index (κ1) is 19.8. The number of nitrogens with one attached hydrogen (secondary N) is 1. The van der Waals surface area contributed by atoms with Crippen molar-refractivity contribution in [3.05, 3.63) is 71.0 Å². The van der Waals surface area contributed by atoms with Crippen LogP contribution >= 0.6 is 0 Å². The van der Waals surface area contributed by atoms with Crippen LogP contribution in [0.3, 0.4) is 0 Å². The Morgan fingerprint density at radius 3 is 2.70 bits per heavy atom. The standard InChI is InChI=1S/C23H25N7/c1-30(14-17-7-4-6-16(12-17)13-24)15-21-27-22(25)29-23(28-21)26-20-11-3-2-10-19(20)18-8-5-9-18/h2-4,6-7,10-12,18H,5,8-9,14-15H2,1H3,(H3,25,26,27,28,29). The molecule has 1 heterocycles. The van der Waals surface area contributed by atoms with Crippen LogP contribution in [0, 0.1) is 11.3 Å². The molecule has 0 amide bonds. The number of aromatic nitrogens is 3. The van der Waals surface area contributed by atoms with E-state index in [1.807, 2.05) is 31.3 Å². The maximum Gasteiger partial charge on any atom is 0.232 e. The Balaban J connectivity index is 1.47. The van der Waals surface area contributed by atoms with Crippen molar-refractivity contribution in [1.29, 1.82) is 5.26 Å². The predicted molar refractivity (Wildman–Crippen MR) is 117 cm³/mol. The Morgan fingerprint density at radius 1 is 1.10 bits per heavy atom. The molecule has 0 atom stereocenters. The van der Waals surface area contributed by atoms with E-state index in [1.165, 1.54) is 24.8 Å². The molecule has 0 aliphatic heterocycles. The van der Waals surface area contributed by atoms with Crippen molar-refractivity contribution in [2.75, 3.05) is 18.1 Å². The van der Waals surface area contributed by atoms with E-state index in [1.54, 1.807) is 6.07 Å². The summed E-state index contributed by atoms with van der Waals surface area (Å²) in [4.78, 5) is 15.2. The third-order valence-electron chi connectivity index (χ3n) is 5.37. The van der Waals surface area contributed by atoms with E-state index < -0.39 is 0 Å². The van der Waals surface area contributed by atoms with Crippen LogP contribution in [-0.2, 0) is 13.1 Å². The van der Waals surface area contributed by atoms with Gasteiger partial charge in [-0.25, -0.2) is 0 Å². The fraction of sp³-hybridized carbons (Fsp3) is 0.304. The van der Waals surface area contributed by atoms with Gasteiger partial charge in [0, 0.05) is 12.2 Å². The summed E-state index contributed by atoms with van der Waals surface area (Å²) < 4.78 is 0. The van der Waals surface area contributed by atoms with Gasteiger partial charge in [-0.15, -0.1) is 0 Å². The van der Waals surface area contributed by atoms with E-state index in [2.05, 4.69) is 49.4 Å². The van der Waals surface area contributed by atoms with Crippen molar-refractivity contribution >= 4 is 17.6 Å². The van der Waals surface area contributed by atoms with E-state index in [0.717, 1.165) is 11.3 Å². The summed E-state index contributed by atoms with van der Waals surface area (Å²) in [7, 11) is 1.98. The van der Waals surface area contributed by atoms with Crippen molar-refractivity contribution in [1.82, 2.24) is 19.9 Å². The highest BCUT2D eigenvalue weighted by Crippen LogP contribution is 2.40. The minimum Gasteiger partial charge on any atom is -0.368 e. The number of benzene rings is 2. The Labute approximate surface area is 176 Å². The van der Waals surface area contributed by atoms with Gasteiger partial charge >= 0.3 is 0 Å². The van der Waals surface area contributed by atoms with Gasteiger partial charge in [0.1, 0.15) is 5.82 Å². The van der Waals surface area contributed by atoms with Crippen molar-refractivity contribution in [2.45, 2.75) is 38.3 Å². The van der Waals surface area contributed by atoms with Crippen molar-refractivity contribution < 1.29 is 0 Å². The van der Waals surface area contributed by atoms with Gasteiger partial charge in [0.15, 0.2) is 0 Å². The molecular formula is C23H25N7. The largest absolute Gasteiger partial charge is 0.368 e. The fourth-order valence-corrected chi connectivity index (χ4v) is 3.72. The van der Waals surface area contributed by atoms with Gasteiger partial charge in [-0.3, -0.25) is 4.90 Å². The number of nitrogen functional groups attached to an aromatic ring is 1. The third-order valence-corrected chi connectivity index (χ3v) is 5.37. The third kappa shape index (κ3) is 4.73. The van der Waals surface area contributed by atoms with E-state index in [9.17, 15) is 0 Å². The molecule has 3 N–H and O–H groups in total. The average molecular weight is 400 g/mol. The minimum absolute atomic E-state index is 0.198. The molecule has 1 aliphatic rings. The second kappa shape index (κ2) is 8.89. The Hall–Kier alpha value is -3.50. The zero-order valence-corrected chi connectivity index (χ0v) is 17.0. The van der Waals surface area contributed by atoms with Gasteiger partial charge in [0.2, 0.25) is 11.9 Å². The Bertz CT molecular complexity index is 1070. The molecule has 152 valence electrons. The van der Waals surface area contributed by atoms with Gasteiger partial charge in [-0.1, -0.05) is 36.8 Å². The lowest BCUT2D eigenvalue weighted by Gasteiger charge is -2.27. The number of nitrogens with zero attached hydrogens (tertiary/aromatic N) is 5. The lowest BCUT2D eigenvalue weighted by molar-refractivity contribution is 0.310. The fourth-order valence-electron chi connectivity index (χ4n) is 3.72. The first-order chi connectivity index (χ1) is 14.6. The second-order valence-electron chi connectivity index (χ2n) is 7.76. The van der Waals surface area contributed by atoms with Crippen molar-refractivity contribution in [3.63, 3.8) is 0 Å². The van der Waals surface area contributed by atoms with Gasteiger partial charge < -0.3 is 11.1 Å². The summed E-state index contributed by atoms with van der Waals surface area (Å²) in [5.41, 5.74) is 10.0. The maximum absolute atomic E-state index is 9.08. The minimum atomic E-state index is 0.198. The molecule has 1 aromatic heterocycles. The van der Waals surface area contributed by atoms with E-state index in [4.69, 9.17) is 11.0 Å². The predicted octanol–water partition coefficient (Wildman–Crippen LogP) is 3.97. The molecule has 0 bridgehead atoms. The Morgan fingerprint density at radius 2 is 1.93 bits per heavy atom. The first-order valence-electron chi connectivity index (χ1n) is 10.1. The molecule has 7 nitrogen and oxygen atoms in total. The lowest BCUT2D eigenvalue weighted by atomic mass is 9.79. The van der Waals surface area contributed by atoms with Crippen molar-refractivity contribution in [2.24, 2.45) is 0 Å². The molecule has 1 fully saturated rings. The van der Waals surface area contributed by atoms with Gasteiger partial charge in [0.05, 0.1) is 18.2 Å². The van der Waals surface area contributed by atoms with Crippen LogP contribution < -0.4 is 11.1 Å². The number of rotatable bonds is 7. The van der Waals surface area contributed by atoms with Crippen LogP contribution in [0.15, 0.2) is 48.5 Å². The highest BCUT2D eigenvalue weighted by Gasteiger charge is 2.22. The summed E-state index contributed by atoms with van der Waals surface area (Å²) in [6.45, 7) is 1.19. The lowest BCUT2D eigenvalue weighted by Crippen LogP contribution is -2.20. The molecule has 0 unspecified atom stereocenters. The molecule has 1 aliphatic carbocycles. The zero-order chi connectivity index (χ0) is 20.9. The second-order valence-corrected chi connectivity index (χ2v) is 7.76. The van der Waals surface area contributed by atoms with Gasteiger partial charge in [-0.2, -0.15) is 20.2 Å². The van der Waals surface area contributed by atoms with E-state index in [-0.39, 0.29) is 5.95 Å². The van der Waals surface area contributed by atoms with Crippen LogP contribution in [0.25, 0.3) is 0 Å². The van der Waals surface area contributed by atoms with Crippen LogP contribution in [0.2, 0.25) is 0 Å². The number of nitrogens with two attached hydrogens (primary N) is 1. The van der Waals surface area contributed by atoms with E-state index in [0.29, 0.717) is 36.3 Å². The monoisotopic (exact) mass is 399 g/mol. The smallest absolute Gasteiger partial charge is 0.232 e. The summed E-state index contributed by atoms with van der Waals surface area (Å²) in [6.07, 6.45) is 3.73. The number of para-hydroxylation sites is 1. The van der Waals surface area contributed by atoms with Gasteiger partial charge in [-0.05, 0) is 55.1 Å². The maximum atomic E-state index is 9.08. The highest BCUT2D eigenvalue weighted by molar-refractivity contribution is 5.60. The molecule has 0 radical (unpaired) electrons. The summed E-state index contributed by atoms with van der Waals surface area (Å²) in [6, 6.07) is 18.1. The normalized spacial score (nSPS) is 13.6. The summed E-state index contributed by atoms with van der Waals surface area (Å²) in [5, 5.41) is 12.4. The zero-order valence-electron chi connectivity index (χ0n) is 17.0. The van der Waals surface area contributed by atoms with E-state index >= 15 is 0 Å².